The molecule has 3 aromatic rings. The first-order chi connectivity index (χ1) is 14.5. The third-order valence-corrected chi connectivity index (χ3v) is 6.02. The first kappa shape index (κ1) is 20.5. The molecular formula is C20H18ClFN4O3S. The fraction of sp³-hybridized carbons (Fsp3) is 0.300. The van der Waals surface area contributed by atoms with Gasteiger partial charge in [0.1, 0.15) is 5.82 Å². The molecule has 0 atom stereocenters. The monoisotopic (exact) mass is 448 g/mol. The summed E-state index contributed by atoms with van der Waals surface area (Å²) in [5, 5.41) is 5.96. The number of nitrogens with zero attached hydrogens (tertiary/aromatic N) is 4. The lowest BCUT2D eigenvalue weighted by molar-refractivity contribution is -0.132. The van der Waals surface area contributed by atoms with Gasteiger partial charge in [-0.3, -0.25) is 9.59 Å². The zero-order valence-corrected chi connectivity index (χ0v) is 17.5. The highest BCUT2D eigenvalue weighted by atomic mass is 35.5. The molecule has 1 fully saturated rings. The fourth-order valence-corrected chi connectivity index (χ4v) is 4.12. The summed E-state index contributed by atoms with van der Waals surface area (Å²) in [6.07, 6.45) is 0.616. The molecule has 2 amide bonds. The van der Waals surface area contributed by atoms with Crippen LogP contribution >= 0.6 is 22.9 Å². The lowest BCUT2D eigenvalue weighted by Gasteiger charge is -2.35. The third-order valence-electron chi connectivity index (χ3n) is 4.84. The number of thiophene rings is 1. The van der Waals surface area contributed by atoms with Crippen molar-refractivity contribution in [1.82, 2.24) is 19.9 Å². The van der Waals surface area contributed by atoms with Crippen molar-refractivity contribution in [2.75, 3.05) is 26.2 Å². The van der Waals surface area contributed by atoms with E-state index >= 15 is 0 Å². The summed E-state index contributed by atoms with van der Waals surface area (Å²) >= 11 is 7.50. The van der Waals surface area contributed by atoms with E-state index in [0.29, 0.717) is 44.3 Å². The van der Waals surface area contributed by atoms with Crippen LogP contribution in [0.15, 0.2) is 40.2 Å². The van der Waals surface area contributed by atoms with Gasteiger partial charge in [-0.1, -0.05) is 22.8 Å². The van der Waals surface area contributed by atoms with Crippen molar-refractivity contribution in [3.8, 4) is 10.7 Å². The Morgan fingerprint density at radius 3 is 2.63 bits per heavy atom. The van der Waals surface area contributed by atoms with Crippen LogP contribution in [0, 0.1) is 5.82 Å². The van der Waals surface area contributed by atoms with Gasteiger partial charge in [0.15, 0.2) is 0 Å². The Kier molecular flexibility index (Phi) is 6.10. The number of hydrogen-bond donors (Lipinski definition) is 0. The number of aryl methyl sites for hydroxylation is 1. The van der Waals surface area contributed by atoms with E-state index in [1.165, 1.54) is 23.5 Å². The molecule has 4 rings (SSSR count). The second kappa shape index (κ2) is 8.93. The van der Waals surface area contributed by atoms with Crippen molar-refractivity contribution in [3.63, 3.8) is 0 Å². The molecule has 156 valence electrons. The number of aromatic nitrogens is 2. The molecule has 1 aliphatic heterocycles. The Labute approximate surface area is 181 Å². The van der Waals surface area contributed by atoms with Gasteiger partial charge in [0, 0.05) is 39.0 Å². The second-order valence-corrected chi connectivity index (χ2v) is 8.14. The van der Waals surface area contributed by atoms with Crippen LogP contribution in [0.2, 0.25) is 5.02 Å². The molecule has 2 aromatic heterocycles. The minimum atomic E-state index is -0.490. The van der Waals surface area contributed by atoms with Crippen LogP contribution in [0.5, 0.6) is 0 Å². The van der Waals surface area contributed by atoms with E-state index < -0.39 is 5.82 Å². The van der Waals surface area contributed by atoms with E-state index in [4.69, 9.17) is 16.1 Å². The van der Waals surface area contributed by atoms with E-state index in [9.17, 15) is 14.0 Å². The zero-order valence-electron chi connectivity index (χ0n) is 15.9. The van der Waals surface area contributed by atoms with Gasteiger partial charge < -0.3 is 14.3 Å². The minimum absolute atomic E-state index is 0.0298. The van der Waals surface area contributed by atoms with Gasteiger partial charge in [-0.2, -0.15) is 4.98 Å². The Morgan fingerprint density at radius 1 is 1.17 bits per heavy atom. The summed E-state index contributed by atoms with van der Waals surface area (Å²) in [5.41, 5.74) is 0.260. The van der Waals surface area contributed by atoms with Crippen molar-refractivity contribution in [3.05, 3.63) is 58.0 Å². The van der Waals surface area contributed by atoms with Gasteiger partial charge >= 0.3 is 0 Å². The molecule has 0 aliphatic carbocycles. The lowest BCUT2D eigenvalue weighted by atomic mass is 10.1. The average Bonchev–Trinajstić information content (AvgIpc) is 3.43. The van der Waals surface area contributed by atoms with Crippen LogP contribution in [-0.2, 0) is 11.2 Å². The molecule has 1 aliphatic rings. The number of hydrogen-bond acceptors (Lipinski definition) is 6. The first-order valence-corrected chi connectivity index (χ1v) is 10.7. The summed E-state index contributed by atoms with van der Waals surface area (Å²) in [6, 6.07) is 7.53. The molecule has 0 N–H and O–H groups in total. The number of carbonyl (C=O) groups is 2. The van der Waals surface area contributed by atoms with Gasteiger partial charge in [-0.15, -0.1) is 11.3 Å². The Hall–Kier alpha value is -2.78. The van der Waals surface area contributed by atoms with E-state index in [1.807, 2.05) is 17.5 Å². The number of piperazine rings is 1. The van der Waals surface area contributed by atoms with Crippen LogP contribution in [0.25, 0.3) is 10.7 Å². The predicted molar refractivity (Wildman–Crippen MR) is 110 cm³/mol. The SMILES string of the molecule is O=C(CCc1nc(-c2cccs2)no1)N1CCN(C(=O)c2ccc(F)cc2Cl)CC1. The van der Waals surface area contributed by atoms with Gasteiger partial charge in [-0.25, -0.2) is 4.39 Å². The van der Waals surface area contributed by atoms with Gasteiger partial charge in [0.25, 0.3) is 5.91 Å². The number of benzene rings is 1. The lowest BCUT2D eigenvalue weighted by Crippen LogP contribution is -2.50. The molecule has 1 saturated heterocycles. The Balaban J connectivity index is 1.27. The molecule has 10 heteroatoms. The van der Waals surface area contributed by atoms with Crippen LogP contribution in [0.4, 0.5) is 4.39 Å². The summed E-state index contributed by atoms with van der Waals surface area (Å²) in [7, 11) is 0. The summed E-state index contributed by atoms with van der Waals surface area (Å²) in [5.74, 6) is 0.165. The van der Waals surface area contributed by atoms with Crippen LogP contribution in [0.1, 0.15) is 22.7 Å². The van der Waals surface area contributed by atoms with Gasteiger partial charge in [-0.05, 0) is 29.6 Å². The molecule has 0 unspecified atom stereocenters. The Morgan fingerprint density at radius 2 is 1.93 bits per heavy atom. The highest BCUT2D eigenvalue weighted by Gasteiger charge is 2.26. The summed E-state index contributed by atoms with van der Waals surface area (Å²) in [4.78, 5) is 33.7. The first-order valence-electron chi connectivity index (χ1n) is 9.40. The predicted octanol–water partition coefficient (Wildman–Crippen LogP) is 3.51. The molecule has 0 bridgehead atoms. The molecule has 3 heterocycles. The maximum atomic E-state index is 13.2. The van der Waals surface area contributed by atoms with Crippen LogP contribution < -0.4 is 0 Å². The molecule has 0 radical (unpaired) electrons. The topological polar surface area (TPSA) is 79.5 Å². The molecule has 1 aromatic carbocycles. The minimum Gasteiger partial charge on any atom is -0.339 e. The van der Waals surface area contributed by atoms with Crippen molar-refractivity contribution >= 4 is 34.8 Å². The maximum Gasteiger partial charge on any atom is 0.255 e. The quantitative estimate of drug-likeness (QED) is 0.596. The van der Waals surface area contributed by atoms with E-state index in [2.05, 4.69) is 10.1 Å². The highest BCUT2D eigenvalue weighted by molar-refractivity contribution is 7.13. The van der Waals surface area contributed by atoms with Crippen molar-refractivity contribution in [2.24, 2.45) is 0 Å². The normalized spacial score (nSPS) is 14.2. The maximum absolute atomic E-state index is 13.2. The van der Waals surface area contributed by atoms with Gasteiger partial charge in [0.05, 0.1) is 15.5 Å². The molecule has 0 spiro atoms. The highest BCUT2D eigenvalue weighted by Crippen LogP contribution is 2.22. The van der Waals surface area contributed by atoms with E-state index in [1.54, 1.807) is 9.80 Å². The molecule has 0 saturated carbocycles. The van der Waals surface area contributed by atoms with Gasteiger partial charge in [0.2, 0.25) is 17.6 Å². The second-order valence-electron chi connectivity index (χ2n) is 6.79. The number of halogens is 2. The van der Waals surface area contributed by atoms with E-state index in [0.717, 1.165) is 10.9 Å². The zero-order chi connectivity index (χ0) is 21.1. The average molecular weight is 449 g/mol. The number of amides is 2. The molecule has 7 nitrogen and oxygen atoms in total. The van der Waals surface area contributed by atoms with Crippen LogP contribution in [0.3, 0.4) is 0 Å². The van der Waals surface area contributed by atoms with E-state index in [-0.39, 0.29) is 28.8 Å². The standard InChI is InChI=1S/C20H18ClFN4O3S/c21-15-12-13(22)3-4-14(15)20(28)26-9-7-25(8-10-26)18(27)6-5-17-23-19(24-29-17)16-2-1-11-30-16/h1-4,11-12H,5-10H2. The Bertz CT molecular complexity index is 1050. The van der Waals surface area contributed by atoms with Crippen molar-refractivity contribution in [2.45, 2.75) is 12.8 Å². The summed E-state index contributed by atoms with van der Waals surface area (Å²) in [6.45, 7) is 1.63. The largest absolute Gasteiger partial charge is 0.339 e. The van der Waals surface area contributed by atoms with Crippen molar-refractivity contribution < 1.29 is 18.5 Å². The summed E-state index contributed by atoms with van der Waals surface area (Å²) < 4.78 is 18.4. The molecular weight excluding hydrogens is 431 g/mol. The third kappa shape index (κ3) is 4.52. The molecule has 30 heavy (non-hydrogen) atoms. The smallest absolute Gasteiger partial charge is 0.255 e. The number of carbonyl (C=O) groups excluding carboxylic acids is 2. The van der Waals surface area contributed by atoms with Crippen LogP contribution in [-0.4, -0.2) is 57.9 Å². The number of rotatable bonds is 5. The van der Waals surface area contributed by atoms with Crippen molar-refractivity contribution in [1.29, 1.82) is 0 Å². The fourth-order valence-electron chi connectivity index (χ4n) is 3.23.